The fraction of sp³-hybridized carbons (Fsp3) is 0.538. The molecule has 1 aliphatic rings. The molecular formula is C13H19N3O2. The van der Waals surface area contributed by atoms with Gasteiger partial charge in [0.25, 0.3) is 5.91 Å². The fourth-order valence-corrected chi connectivity index (χ4v) is 2.11. The lowest BCUT2D eigenvalue weighted by atomic mass is 10.2. The van der Waals surface area contributed by atoms with Crippen LogP contribution in [0.4, 0.5) is 5.69 Å². The number of hydrogen-bond donors (Lipinski definition) is 1. The fourth-order valence-electron chi connectivity index (χ4n) is 2.11. The van der Waals surface area contributed by atoms with Gasteiger partial charge in [-0.25, -0.2) is 0 Å². The second-order valence-corrected chi connectivity index (χ2v) is 4.70. The van der Waals surface area contributed by atoms with E-state index in [-0.39, 0.29) is 12.0 Å². The number of hydrogen-bond acceptors (Lipinski definition) is 4. The summed E-state index contributed by atoms with van der Waals surface area (Å²) >= 11 is 0. The molecule has 0 aromatic carbocycles. The largest absolute Gasteiger partial charge is 0.398 e. The van der Waals surface area contributed by atoms with E-state index in [1.165, 1.54) is 0 Å². The first-order valence-corrected chi connectivity index (χ1v) is 6.21. The molecule has 18 heavy (non-hydrogen) atoms. The minimum Gasteiger partial charge on any atom is -0.398 e. The minimum atomic E-state index is -0.0580. The third kappa shape index (κ3) is 2.79. The summed E-state index contributed by atoms with van der Waals surface area (Å²) in [6.07, 6.45) is 2.48. The molecule has 0 aliphatic carbocycles. The molecule has 0 saturated carbocycles. The average Bonchev–Trinajstić information content (AvgIpc) is 2.53. The van der Waals surface area contributed by atoms with Crippen molar-refractivity contribution in [1.29, 1.82) is 0 Å². The zero-order chi connectivity index (χ0) is 13.1. The Morgan fingerprint density at radius 3 is 3.11 bits per heavy atom. The lowest BCUT2D eigenvalue weighted by Crippen LogP contribution is -2.36. The first-order chi connectivity index (χ1) is 8.58. The van der Waals surface area contributed by atoms with Crippen molar-refractivity contribution in [3.63, 3.8) is 0 Å². The SMILES string of the molecule is Cc1cc(N)c(C(=O)N2CCCOC(C)C2)cn1. The molecular weight excluding hydrogens is 230 g/mol. The van der Waals surface area contributed by atoms with Gasteiger partial charge in [0.1, 0.15) is 0 Å². The molecule has 2 heterocycles. The van der Waals surface area contributed by atoms with Gasteiger partial charge < -0.3 is 15.4 Å². The number of carbonyl (C=O) groups is 1. The number of amides is 1. The molecule has 1 atom stereocenters. The summed E-state index contributed by atoms with van der Waals surface area (Å²) in [5.41, 5.74) is 7.67. The quantitative estimate of drug-likeness (QED) is 0.812. The van der Waals surface area contributed by atoms with Gasteiger partial charge in [0.2, 0.25) is 0 Å². The predicted octanol–water partition coefficient (Wildman–Crippen LogP) is 1.22. The zero-order valence-electron chi connectivity index (χ0n) is 10.8. The number of nitrogen functional groups attached to an aromatic ring is 1. The van der Waals surface area contributed by atoms with Gasteiger partial charge >= 0.3 is 0 Å². The highest BCUT2D eigenvalue weighted by molar-refractivity contribution is 5.98. The number of carbonyl (C=O) groups excluding carboxylic acids is 1. The van der Waals surface area contributed by atoms with Crippen LogP contribution in [-0.2, 0) is 4.74 Å². The van der Waals surface area contributed by atoms with Crippen molar-refractivity contribution in [2.24, 2.45) is 0 Å². The predicted molar refractivity (Wildman–Crippen MR) is 69.3 cm³/mol. The summed E-state index contributed by atoms with van der Waals surface area (Å²) in [5, 5.41) is 0. The van der Waals surface area contributed by atoms with Gasteiger partial charge in [-0.1, -0.05) is 0 Å². The molecule has 0 bridgehead atoms. The van der Waals surface area contributed by atoms with E-state index in [4.69, 9.17) is 10.5 Å². The molecule has 5 nitrogen and oxygen atoms in total. The summed E-state index contributed by atoms with van der Waals surface area (Å²) in [6, 6.07) is 1.73. The molecule has 1 fully saturated rings. The van der Waals surface area contributed by atoms with E-state index >= 15 is 0 Å². The maximum Gasteiger partial charge on any atom is 0.257 e. The van der Waals surface area contributed by atoms with Crippen molar-refractivity contribution in [2.45, 2.75) is 26.4 Å². The van der Waals surface area contributed by atoms with Crippen molar-refractivity contribution in [3.05, 3.63) is 23.5 Å². The molecule has 1 unspecified atom stereocenters. The Kier molecular flexibility index (Phi) is 3.81. The number of aryl methyl sites for hydroxylation is 1. The van der Waals surface area contributed by atoms with Crippen LogP contribution in [-0.4, -0.2) is 41.6 Å². The standard InChI is InChI=1S/C13H19N3O2/c1-9-6-12(14)11(7-15-9)13(17)16-4-3-5-18-10(2)8-16/h6-7,10H,3-5,8H2,1-2H3,(H2,14,15). The number of anilines is 1. The maximum absolute atomic E-state index is 12.4. The Balaban J connectivity index is 2.19. The first kappa shape index (κ1) is 12.8. The van der Waals surface area contributed by atoms with Gasteiger partial charge in [0.05, 0.1) is 11.7 Å². The van der Waals surface area contributed by atoms with E-state index in [0.29, 0.717) is 30.9 Å². The summed E-state index contributed by atoms with van der Waals surface area (Å²) in [7, 11) is 0. The van der Waals surface area contributed by atoms with Crippen molar-refractivity contribution >= 4 is 11.6 Å². The van der Waals surface area contributed by atoms with Gasteiger partial charge in [-0.2, -0.15) is 0 Å². The van der Waals surface area contributed by atoms with Gasteiger partial charge in [-0.05, 0) is 26.3 Å². The number of nitrogens with zero attached hydrogens (tertiary/aromatic N) is 2. The number of pyridine rings is 1. The highest BCUT2D eigenvalue weighted by Crippen LogP contribution is 2.16. The van der Waals surface area contributed by atoms with Crippen LogP contribution >= 0.6 is 0 Å². The van der Waals surface area contributed by atoms with Crippen molar-refractivity contribution in [3.8, 4) is 0 Å². The molecule has 2 rings (SSSR count). The van der Waals surface area contributed by atoms with Crippen LogP contribution in [0.5, 0.6) is 0 Å². The molecule has 1 aromatic heterocycles. The maximum atomic E-state index is 12.4. The van der Waals surface area contributed by atoms with E-state index in [2.05, 4.69) is 4.98 Å². The molecule has 1 amide bonds. The average molecular weight is 249 g/mol. The van der Waals surface area contributed by atoms with Crippen LogP contribution in [0.2, 0.25) is 0 Å². The molecule has 5 heteroatoms. The highest BCUT2D eigenvalue weighted by atomic mass is 16.5. The smallest absolute Gasteiger partial charge is 0.257 e. The topological polar surface area (TPSA) is 68.5 Å². The lowest BCUT2D eigenvalue weighted by Gasteiger charge is -2.22. The van der Waals surface area contributed by atoms with Crippen LogP contribution in [0, 0.1) is 6.92 Å². The monoisotopic (exact) mass is 249 g/mol. The molecule has 0 radical (unpaired) electrons. The highest BCUT2D eigenvalue weighted by Gasteiger charge is 2.22. The van der Waals surface area contributed by atoms with Gasteiger partial charge in [0.15, 0.2) is 0 Å². The summed E-state index contributed by atoms with van der Waals surface area (Å²) < 4.78 is 5.53. The van der Waals surface area contributed by atoms with E-state index in [1.807, 2.05) is 13.8 Å². The molecule has 2 N–H and O–H groups in total. The Morgan fingerprint density at radius 2 is 2.39 bits per heavy atom. The molecule has 1 aliphatic heterocycles. The van der Waals surface area contributed by atoms with Gasteiger partial charge in [0, 0.05) is 37.3 Å². The van der Waals surface area contributed by atoms with Crippen LogP contribution in [0.25, 0.3) is 0 Å². The minimum absolute atomic E-state index is 0.0580. The van der Waals surface area contributed by atoms with Crippen LogP contribution in [0.3, 0.4) is 0 Å². The Bertz CT molecular complexity index is 448. The van der Waals surface area contributed by atoms with E-state index in [0.717, 1.165) is 12.1 Å². The summed E-state index contributed by atoms with van der Waals surface area (Å²) in [4.78, 5) is 18.3. The molecule has 1 saturated heterocycles. The van der Waals surface area contributed by atoms with Crippen molar-refractivity contribution < 1.29 is 9.53 Å². The molecule has 98 valence electrons. The first-order valence-electron chi connectivity index (χ1n) is 6.21. The van der Waals surface area contributed by atoms with Crippen molar-refractivity contribution in [2.75, 3.05) is 25.4 Å². The van der Waals surface area contributed by atoms with Crippen molar-refractivity contribution in [1.82, 2.24) is 9.88 Å². The Morgan fingerprint density at radius 1 is 1.61 bits per heavy atom. The third-order valence-electron chi connectivity index (χ3n) is 3.04. The number of ether oxygens (including phenoxy) is 1. The normalized spacial score (nSPS) is 20.6. The van der Waals surface area contributed by atoms with Gasteiger partial charge in [-0.15, -0.1) is 0 Å². The van der Waals surface area contributed by atoms with Crippen LogP contribution in [0.1, 0.15) is 29.4 Å². The second-order valence-electron chi connectivity index (χ2n) is 4.70. The summed E-state index contributed by atoms with van der Waals surface area (Å²) in [6.45, 7) is 5.84. The summed E-state index contributed by atoms with van der Waals surface area (Å²) in [5.74, 6) is -0.0580. The van der Waals surface area contributed by atoms with E-state index in [9.17, 15) is 4.79 Å². The Hall–Kier alpha value is -1.62. The van der Waals surface area contributed by atoms with Gasteiger partial charge in [-0.3, -0.25) is 9.78 Å². The molecule has 0 spiro atoms. The Labute approximate surface area is 107 Å². The second kappa shape index (κ2) is 5.35. The zero-order valence-corrected chi connectivity index (χ0v) is 10.8. The van der Waals surface area contributed by atoms with Crippen LogP contribution < -0.4 is 5.73 Å². The third-order valence-corrected chi connectivity index (χ3v) is 3.04. The number of aromatic nitrogens is 1. The number of nitrogens with two attached hydrogens (primary N) is 1. The van der Waals surface area contributed by atoms with Crippen LogP contribution in [0.15, 0.2) is 12.3 Å². The van der Waals surface area contributed by atoms with E-state index < -0.39 is 0 Å². The molecule has 1 aromatic rings. The van der Waals surface area contributed by atoms with E-state index in [1.54, 1.807) is 17.2 Å². The lowest BCUT2D eigenvalue weighted by molar-refractivity contribution is 0.0563. The number of rotatable bonds is 1.